The van der Waals surface area contributed by atoms with E-state index in [1.54, 1.807) is 48.5 Å². The van der Waals surface area contributed by atoms with Crippen LogP contribution in [-0.2, 0) is 14.4 Å². The normalized spacial score (nSPS) is 10.5. The monoisotopic (exact) mass is 474 g/mol. The Morgan fingerprint density at radius 1 is 0.886 bits per heavy atom. The number of hydrogen-bond donors (Lipinski definition) is 3. The number of benzene rings is 3. The van der Waals surface area contributed by atoms with Crippen molar-refractivity contribution in [3.8, 4) is 11.5 Å². The van der Waals surface area contributed by atoms with Gasteiger partial charge in [-0.2, -0.15) is 5.10 Å². The van der Waals surface area contributed by atoms with Gasteiger partial charge in [-0.25, -0.2) is 5.43 Å². The van der Waals surface area contributed by atoms with Gasteiger partial charge in [-0.1, -0.05) is 36.4 Å². The van der Waals surface area contributed by atoms with Crippen LogP contribution in [0.2, 0.25) is 0 Å². The zero-order chi connectivity index (χ0) is 25.2. The van der Waals surface area contributed by atoms with Crippen LogP contribution in [0.1, 0.15) is 16.7 Å². The maximum Gasteiger partial charge on any atom is 0.329 e. The van der Waals surface area contributed by atoms with E-state index in [0.717, 1.165) is 16.8 Å². The molecule has 0 aromatic heterocycles. The Hall–Kier alpha value is -4.66. The number of carbonyl (C=O) groups is 3. The maximum absolute atomic E-state index is 12.3. The lowest BCUT2D eigenvalue weighted by atomic mass is 10.1. The number of ether oxygens (including phenoxy) is 2. The van der Waals surface area contributed by atoms with Gasteiger partial charge in [0.15, 0.2) is 6.61 Å². The fourth-order valence-corrected chi connectivity index (χ4v) is 3.05. The molecule has 0 radical (unpaired) electrons. The molecule has 9 nitrogen and oxygen atoms in total. The van der Waals surface area contributed by atoms with Gasteiger partial charge in [0.1, 0.15) is 11.5 Å². The highest BCUT2D eigenvalue weighted by molar-refractivity contribution is 6.39. The van der Waals surface area contributed by atoms with Crippen molar-refractivity contribution in [3.05, 3.63) is 83.4 Å². The molecule has 0 aliphatic heterocycles. The van der Waals surface area contributed by atoms with Gasteiger partial charge in [-0.05, 0) is 60.9 Å². The van der Waals surface area contributed by atoms with Crippen molar-refractivity contribution < 1.29 is 23.9 Å². The zero-order valence-corrected chi connectivity index (χ0v) is 19.6. The Bertz CT molecular complexity index is 1260. The summed E-state index contributed by atoms with van der Waals surface area (Å²) in [5.41, 5.74) is 5.96. The Labute approximate surface area is 203 Å². The highest BCUT2D eigenvalue weighted by Crippen LogP contribution is 2.22. The molecule has 0 aliphatic carbocycles. The summed E-state index contributed by atoms with van der Waals surface area (Å²) in [5, 5.41) is 9.10. The van der Waals surface area contributed by atoms with Crippen molar-refractivity contribution in [2.24, 2.45) is 5.10 Å². The minimum atomic E-state index is -0.942. The van der Waals surface area contributed by atoms with E-state index in [-0.39, 0.29) is 12.5 Å². The molecule has 0 heterocycles. The van der Waals surface area contributed by atoms with Crippen LogP contribution in [0.4, 0.5) is 11.4 Å². The molecule has 0 fully saturated rings. The quantitative estimate of drug-likeness (QED) is 0.263. The van der Waals surface area contributed by atoms with Crippen LogP contribution in [-0.4, -0.2) is 37.7 Å². The van der Waals surface area contributed by atoms with Crippen molar-refractivity contribution in [2.75, 3.05) is 24.4 Å². The number of nitrogens with one attached hydrogen (secondary N) is 3. The molecule has 3 aromatic rings. The number of carbonyl (C=O) groups excluding carboxylic acids is 3. The average molecular weight is 475 g/mol. The van der Waals surface area contributed by atoms with Crippen LogP contribution in [0, 0.1) is 13.8 Å². The smallest absolute Gasteiger partial charge is 0.329 e. The lowest BCUT2D eigenvalue weighted by molar-refractivity contribution is -0.136. The Morgan fingerprint density at radius 3 is 2.43 bits per heavy atom. The van der Waals surface area contributed by atoms with Gasteiger partial charge in [0.2, 0.25) is 0 Å². The molecule has 0 unspecified atom stereocenters. The standard InChI is InChI=1S/C26H26N4O5/c1-17-8-6-12-21(18(17)2)28-24(31)16-35-20-10-7-9-19(14-20)15-27-30-26(33)25(32)29-22-11-4-5-13-23(22)34-3/h4-15H,16H2,1-3H3,(H,28,31)(H,29,32)(H,30,33)/b27-15-. The van der Waals surface area contributed by atoms with Crippen LogP contribution in [0.3, 0.4) is 0 Å². The molecule has 3 rings (SSSR count). The third-order valence-electron chi connectivity index (χ3n) is 5.05. The Balaban J connectivity index is 1.50. The van der Waals surface area contributed by atoms with Crippen LogP contribution < -0.4 is 25.5 Å². The first-order valence-corrected chi connectivity index (χ1v) is 10.7. The topological polar surface area (TPSA) is 118 Å². The first-order valence-electron chi connectivity index (χ1n) is 10.7. The minimum absolute atomic E-state index is 0.173. The van der Waals surface area contributed by atoms with Crippen molar-refractivity contribution in [3.63, 3.8) is 0 Å². The largest absolute Gasteiger partial charge is 0.495 e. The molecule has 0 aliphatic rings. The summed E-state index contributed by atoms with van der Waals surface area (Å²) >= 11 is 0. The molecule has 0 bridgehead atoms. The Kier molecular flexibility index (Phi) is 8.55. The van der Waals surface area contributed by atoms with E-state index in [1.807, 2.05) is 32.0 Å². The van der Waals surface area contributed by atoms with E-state index in [9.17, 15) is 14.4 Å². The van der Waals surface area contributed by atoms with E-state index < -0.39 is 11.8 Å². The number of para-hydroxylation sites is 2. The van der Waals surface area contributed by atoms with E-state index in [4.69, 9.17) is 9.47 Å². The Morgan fingerprint density at radius 2 is 1.63 bits per heavy atom. The molecule has 0 spiro atoms. The van der Waals surface area contributed by atoms with Crippen LogP contribution in [0.15, 0.2) is 71.8 Å². The second-order valence-corrected chi connectivity index (χ2v) is 7.51. The van der Waals surface area contributed by atoms with Gasteiger partial charge in [0.05, 0.1) is 19.0 Å². The summed E-state index contributed by atoms with van der Waals surface area (Å²) in [5.74, 6) is -1.24. The number of rotatable bonds is 8. The SMILES string of the molecule is COc1ccccc1NC(=O)C(=O)N/N=C\c1cccc(OCC(=O)Nc2cccc(C)c2C)c1. The average Bonchev–Trinajstić information content (AvgIpc) is 2.86. The molecule has 0 saturated carbocycles. The third-order valence-corrected chi connectivity index (χ3v) is 5.05. The summed E-state index contributed by atoms with van der Waals surface area (Å²) in [4.78, 5) is 36.4. The molecule has 3 amide bonds. The van der Waals surface area contributed by atoms with Crippen LogP contribution >= 0.6 is 0 Å². The summed E-state index contributed by atoms with van der Waals surface area (Å²) < 4.78 is 10.7. The zero-order valence-electron chi connectivity index (χ0n) is 19.6. The van der Waals surface area contributed by atoms with Gasteiger partial charge < -0.3 is 20.1 Å². The second kappa shape index (κ2) is 12.0. The van der Waals surface area contributed by atoms with E-state index >= 15 is 0 Å². The van der Waals surface area contributed by atoms with Gasteiger partial charge in [-0.3, -0.25) is 14.4 Å². The minimum Gasteiger partial charge on any atom is -0.495 e. The predicted molar refractivity (Wildman–Crippen MR) is 134 cm³/mol. The van der Waals surface area contributed by atoms with Crippen LogP contribution in [0.25, 0.3) is 0 Å². The van der Waals surface area contributed by atoms with Gasteiger partial charge in [0, 0.05) is 5.69 Å². The lowest BCUT2D eigenvalue weighted by Gasteiger charge is -2.11. The number of hydrazone groups is 1. The summed E-state index contributed by atoms with van der Waals surface area (Å²) in [6.45, 7) is 3.74. The van der Waals surface area contributed by atoms with Gasteiger partial charge >= 0.3 is 11.8 Å². The molecule has 0 atom stereocenters. The predicted octanol–water partition coefficient (Wildman–Crippen LogP) is 3.42. The summed E-state index contributed by atoms with van der Waals surface area (Å²) in [6.07, 6.45) is 1.36. The summed E-state index contributed by atoms with van der Waals surface area (Å²) in [6, 6.07) is 19.2. The number of aryl methyl sites for hydroxylation is 1. The number of methoxy groups -OCH3 is 1. The summed E-state index contributed by atoms with van der Waals surface area (Å²) in [7, 11) is 1.46. The van der Waals surface area contributed by atoms with Gasteiger partial charge in [0.25, 0.3) is 5.91 Å². The molecule has 35 heavy (non-hydrogen) atoms. The highest BCUT2D eigenvalue weighted by Gasteiger charge is 2.15. The highest BCUT2D eigenvalue weighted by atomic mass is 16.5. The lowest BCUT2D eigenvalue weighted by Crippen LogP contribution is -2.32. The molecular formula is C26H26N4O5. The van der Waals surface area contributed by atoms with Crippen LogP contribution in [0.5, 0.6) is 11.5 Å². The van der Waals surface area contributed by atoms with E-state index in [2.05, 4.69) is 21.2 Å². The van der Waals surface area contributed by atoms with E-state index in [1.165, 1.54) is 13.3 Å². The van der Waals surface area contributed by atoms with Crippen molar-refractivity contribution in [1.29, 1.82) is 0 Å². The number of anilines is 2. The second-order valence-electron chi connectivity index (χ2n) is 7.51. The first kappa shape index (κ1) is 25.0. The van der Waals surface area contributed by atoms with E-state index in [0.29, 0.717) is 22.7 Å². The number of hydrogen-bond acceptors (Lipinski definition) is 6. The molecule has 9 heteroatoms. The number of amides is 3. The fourth-order valence-electron chi connectivity index (χ4n) is 3.05. The molecule has 180 valence electrons. The number of nitrogens with zero attached hydrogens (tertiary/aromatic N) is 1. The third kappa shape index (κ3) is 7.16. The van der Waals surface area contributed by atoms with Crippen molar-refractivity contribution in [2.45, 2.75) is 13.8 Å². The fraction of sp³-hybridized carbons (Fsp3) is 0.154. The molecular weight excluding hydrogens is 448 g/mol. The molecule has 3 N–H and O–H groups in total. The first-order chi connectivity index (χ1) is 16.9. The molecule has 3 aromatic carbocycles. The van der Waals surface area contributed by atoms with Crippen molar-refractivity contribution >= 4 is 35.3 Å². The maximum atomic E-state index is 12.3. The van der Waals surface area contributed by atoms with Crippen molar-refractivity contribution in [1.82, 2.24) is 5.43 Å². The molecule has 0 saturated heterocycles. The van der Waals surface area contributed by atoms with Gasteiger partial charge in [-0.15, -0.1) is 0 Å².